The van der Waals surface area contributed by atoms with Crippen LogP contribution in [-0.4, -0.2) is 56.8 Å². The SMILES string of the molecule is [2H]C([2H])([2H])NC(=O)c1cnc(NC(=O)C2CC2)cc1Nc1ncn2ncc(C(O)C(F)(F)F)c2c1OC. The molecule has 1 atom stereocenters. The Bertz CT molecular complexity index is 1360. The fourth-order valence-electron chi connectivity index (χ4n) is 3.22. The van der Waals surface area contributed by atoms with Crippen LogP contribution in [0.1, 0.15) is 39.0 Å². The summed E-state index contributed by atoms with van der Waals surface area (Å²) in [6.07, 6.45) is -3.55. The molecule has 2 amide bonds. The Kier molecular flexibility index (Phi) is 5.04. The number of nitrogens with zero attached hydrogens (tertiary/aromatic N) is 4. The third-order valence-corrected chi connectivity index (χ3v) is 5.07. The maximum Gasteiger partial charge on any atom is 0.418 e. The normalized spacial score (nSPS) is 16.2. The zero-order valence-electron chi connectivity index (χ0n) is 20.5. The number of amides is 2. The Balaban J connectivity index is 1.78. The molecule has 34 heavy (non-hydrogen) atoms. The molecule has 14 heteroatoms. The summed E-state index contributed by atoms with van der Waals surface area (Å²) in [5, 5.41) is 20.7. The van der Waals surface area contributed by atoms with Gasteiger partial charge in [-0.1, -0.05) is 0 Å². The average molecular weight is 482 g/mol. The molecule has 3 aromatic heterocycles. The lowest BCUT2D eigenvalue weighted by atomic mass is 10.1. The summed E-state index contributed by atoms with van der Waals surface area (Å²) in [7, 11) is 1.15. The third kappa shape index (κ3) is 4.44. The lowest BCUT2D eigenvalue weighted by Crippen LogP contribution is -2.21. The lowest BCUT2D eigenvalue weighted by molar-refractivity contribution is -0.206. The van der Waals surface area contributed by atoms with Crippen LogP contribution in [0.4, 0.5) is 30.5 Å². The molecule has 11 nitrogen and oxygen atoms in total. The van der Waals surface area contributed by atoms with Gasteiger partial charge in [0.25, 0.3) is 5.91 Å². The van der Waals surface area contributed by atoms with Crippen LogP contribution in [0.3, 0.4) is 0 Å². The number of hydrogen-bond acceptors (Lipinski definition) is 8. The van der Waals surface area contributed by atoms with Crippen molar-refractivity contribution in [1.29, 1.82) is 0 Å². The fraction of sp³-hybridized carbons (Fsp3) is 0.350. The number of nitrogens with one attached hydrogen (secondary N) is 3. The topological polar surface area (TPSA) is 143 Å². The van der Waals surface area contributed by atoms with E-state index in [1.807, 2.05) is 5.32 Å². The van der Waals surface area contributed by atoms with E-state index in [0.717, 1.165) is 30.3 Å². The predicted molar refractivity (Wildman–Crippen MR) is 113 cm³/mol. The molecule has 0 radical (unpaired) electrons. The molecule has 180 valence electrons. The molecule has 0 spiro atoms. The van der Waals surface area contributed by atoms with E-state index in [1.165, 1.54) is 6.07 Å². The third-order valence-electron chi connectivity index (χ3n) is 5.07. The molecule has 1 aliphatic rings. The van der Waals surface area contributed by atoms with Crippen LogP contribution in [0.5, 0.6) is 5.75 Å². The van der Waals surface area contributed by atoms with Crippen LogP contribution in [0.2, 0.25) is 0 Å². The van der Waals surface area contributed by atoms with Crippen molar-refractivity contribution in [3.63, 3.8) is 0 Å². The van der Waals surface area contributed by atoms with Gasteiger partial charge in [-0.2, -0.15) is 18.3 Å². The van der Waals surface area contributed by atoms with Crippen molar-refractivity contribution in [1.82, 2.24) is 24.9 Å². The molecular weight excluding hydrogens is 459 g/mol. The maximum atomic E-state index is 13.2. The van der Waals surface area contributed by atoms with Crippen molar-refractivity contribution in [2.45, 2.75) is 25.1 Å². The van der Waals surface area contributed by atoms with Gasteiger partial charge in [0, 0.05) is 34.8 Å². The quantitative estimate of drug-likeness (QED) is 0.401. The Morgan fingerprint density at radius 3 is 2.74 bits per heavy atom. The van der Waals surface area contributed by atoms with E-state index in [1.54, 1.807) is 0 Å². The van der Waals surface area contributed by atoms with E-state index >= 15 is 0 Å². The molecule has 0 aromatic carbocycles. The van der Waals surface area contributed by atoms with Crippen molar-refractivity contribution in [3.8, 4) is 5.75 Å². The first kappa shape index (κ1) is 19.5. The number of carbonyl (C=O) groups excluding carboxylic acids is 2. The van der Waals surface area contributed by atoms with Crippen molar-refractivity contribution in [3.05, 3.63) is 35.9 Å². The molecule has 1 unspecified atom stereocenters. The average Bonchev–Trinajstić information content (AvgIpc) is 3.56. The Hall–Kier alpha value is -3.94. The molecule has 0 saturated heterocycles. The summed E-state index contributed by atoms with van der Waals surface area (Å²) in [6.45, 7) is -2.83. The van der Waals surface area contributed by atoms with E-state index in [-0.39, 0.29) is 46.0 Å². The van der Waals surface area contributed by atoms with Crippen molar-refractivity contribution >= 4 is 34.7 Å². The second-order valence-electron chi connectivity index (χ2n) is 7.42. The van der Waals surface area contributed by atoms with Gasteiger partial charge in [0.1, 0.15) is 17.7 Å². The smallest absolute Gasteiger partial charge is 0.418 e. The number of halogens is 3. The summed E-state index contributed by atoms with van der Waals surface area (Å²) < 4.78 is 67.8. The van der Waals surface area contributed by atoms with Gasteiger partial charge in [0.15, 0.2) is 17.7 Å². The van der Waals surface area contributed by atoms with Crippen molar-refractivity contribution < 1.29 is 36.7 Å². The predicted octanol–water partition coefficient (Wildman–Crippen LogP) is 2.18. The number of methoxy groups -OCH3 is 1. The standard InChI is InChI=1S/C20H20F3N7O4/c1-24-19(33)10-6-25-13(29-18(32)9-3-4-9)5-12(10)28-17-15(34-2)14-11(16(31)20(21,22)23)7-27-30(14)8-26-17/h5-9,16,31H,3-4H2,1-2H3,(H,24,33)(H2,25,28,29,32)/i1D3. The fourth-order valence-corrected chi connectivity index (χ4v) is 3.22. The lowest BCUT2D eigenvalue weighted by Gasteiger charge is -2.17. The molecule has 0 bridgehead atoms. The first-order chi connectivity index (χ1) is 17.3. The monoisotopic (exact) mass is 482 g/mol. The van der Waals surface area contributed by atoms with Gasteiger partial charge in [0.05, 0.1) is 24.6 Å². The highest BCUT2D eigenvalue weighted by molar-refractivity contribution is 6.01. The maximum absolute atomic E-state index is 13.2. The van der Waals surface area contributed by atoms with Crippen LogP contribution in [0.15, 0.2) is 24.8 Å². The number of anilines is 3. The summed E-state index contributed by atoms with van der Waals surface area (Å²) in [4.78, 5) is 32.9. The van der Waals surface area contributed by atoms with Crippen LogP contribution < -0.4 is 20.7 Å². The van der Waals surface area contributed by atoms with E-state index < -0.39 is 30.7 Å². The molecule has 1 fully saturated rings. The van der Waals surface area contributed by atoms with Gasteiger partial charge >= 0.3 is 6.18 Å². The number of fused-ring (bicyclic) bond motifs is 1. The van der Waals surface area contributed by atoms with Gasteiger partial charge in [-0.3, -0.25) is 9.59 Å². The molecule has 1 saturated carbocycles. The summed E-state index contributed by atoms with van der Waals surface area (Å²) in [5.41, 5.74) is -1.22. The molecule has 3 aromatic rings. The molecule has 4 rings (SSSR count). The number of rotatable bonds is 7. The second kappa shape index (κ2) is 8.78. The van der Waals surface area contributed by atoms with Crippen molar-refractivity contribution in [2.75, 3.05) is 24.7 Å². The summed E-state index contributed by atoms with van der Waals surface area (Å²) in [5.74, 6) is -1.93. The van der Waals surface area contributed by atoms with Gasteiger partial charge in [-0.25, -0.2) is 14.5 Å². The molecule has 3 heterocycles. The van der Waals surface area contributed by atoms with Crippen LogP contribution >= 0.6 is 0 Å². The molecule has 4 N–H and O–H groups in total. The minimum Gasteiger partial charge on any atom is -0.491 e. The van der Waals surface area contributed by atoms with Crippen molar-refractivity contribution in [2.24, 2.45) is 5.92 Å². The molecular formula is C20H20F3N7O4. The van der Waals surface area contributed by atoms with Gasteiger partial charge in [-0.15, -0.1) is 0 Å². The number of pyridine rings is 1. The van der Waals surface area contributed by atoms with Crippen LogP contribution in [0.25, 0.3) is 5.52 Å². The number of carbonyl (C=O) groups is 2. The number of ether oxygens (including phenoxy) is 1. The number of aromatic nitrogens is 4. The van der Waals surface area contributed by atoms with Gasteiger partial charge in [0.2, 0.25) is 5.91 Å². The summed E-state index contributed by atoms with van der Waals surface area (Å²) in [6, 6.07) is 1.24. The minimum absolute atomic E-state index is 0.0300. The first-order valence-electron chi connectivity index (χ1n) is 11.3. The van der Waals surface area contributed by atoms with Crippen LogP contribution in [-0.2, 0) is 4.79 Å². The molecule has 0 aliphatic heterocycles. The summed E-state index contributed by atoms with van der Waals surface area (Å²) >= 11 is 0. The van der Waals surface area contributed by atoms with Gasteiger partial charge < -0.3 is 25.8 Å². The highest BCUT2D eigenvalue weighted by Gasteiger charge is 2.42. The Morgan fingerprint density at radius 2 is 2.09 bits per heavy atom. The minimum atomic E-state index is -4.99. The highest BCUT2D eigenvalue weighted by Crippen LogP contribution is 2.40. The molecule has 1 aliphatic carbocycles. The zero-order valence-corrected chi connectivity index (χ0v) is 17.5. The van der Waals surface area contributed by atoms with E-state index in [0.29, 0.717) is 12.8 Å². The zero-order chi connectivity index (χ0) is 27.1. The number of aliphatic hydroxyl groups excluding tert-OH is 1. The number of hydrogen-bond donors (Lipinski definition) is 4. The van der Waals surface area contributed by atoms with E-state index in [9.17, 15) is 27.9 Å². The Morgan fingerprint density at radius 1 is 1.32 bits per heavy atom. The number of aliphatic hydroxyl groups is 1. The Labute approximate surface area is 194 Å². The second-order valence-corrected chi connectivity index (χ2v) is 7.42. The largest absolute Gasteiger partial charge is 0.491 e. The van der Waals surface area contributed by atoms with Crippen LogP contribution in [0, 0.1) is 5.92 Å². The van der Waals surface area contributed by atoms with E-state index in [4.69, 9.17) is 8.85 Å². The van der Waals surface area contributed by atoms with Gasteiger partial charge in [-0.05, 0) is 12.8 Å². The first-order valence-corrected chi connectivity index (χ1v) is 9.84. The highest BCUT2D eigenvalue weighted by atomic mass is 19.4. The van der Waals surface area contributed by atoms with E-state index in [2.05, 4.69) is 25.7 Å². The number of alkyl halides is 3.